The number of morpholine rings is 1. The van der Waals surface area contributed by atoms with Crippen LogP contribution in [0.4, 0.5) is 0 Å². The van der Waals surface area contributed by atoms with Gasteiger partial charge < -0.3 is 19.8 Å². The Bertz CT molecular complexity index is 615. The van der Waals surface area contributed by atoms with Gasteiger partial charge in [-0.3, -0.25) is 14.5 Å². The van der Waals surface area contributed by atoms with Gasteiger partial charge in [-0.15, -0.1) is 0 Å². The molecule has 0 saturated carbocycles. The van der Waals surface area contributed by atoms with Gasteiger partial charge in [-0.05, 0) is 13.3 Å². The van der Waals surface area contributed by atoms with Crippen molar-refractivity contribution in [3.8, 4) is 5.75 Å². The maximum atomic E-state index is 12.3. The molecule has 1 aromatic heterocycles. The van der Waals surface area contributed by atoms with E-state index in [1.165, 1.54) is 19.4 Å². The van der Waals surface area contributed by atoms with E-state index in [1.54, 1.807) is 0 Å². The Kier molecular flexibility index (Phi) is 4.17. The molecule has 120 valence electrons. The first-order valence-electron chi connectivity index (χ1n) is 7.50. The highest BCUT2D eigenvalue weighted by molar-refractivity contribution is 5.92. The first-order valence-corrected chi connectivity index (χ1v) is 7.50. The summed E-state index contributed by atoms with van der Waals surface area (Å²) in [5.41, 5.74) is -0.0576. The molecule has 3 atom stereocenters. The highest BCUT2D eigenvalue weighted by Crippen LogP contribution is 2.23. The fourth-order valence-corrected chi connectivity index (χ4v) is 3.16. The molecule has 2 fully saturated rings. The van der Waals surface area contributed by atoms with E-state index in [1.807, 2.05) is 0 Å². The van der Waals surface area contributed by atoms with Crippen molar-refractivity contribution in [3.63, 3.8) is 0 Å². The first-order chi connectivity index (χ1) is 10.6. The minimum atomic E-state index is -0.308. The summed E-state index contributed by atoms with van der Waals surface area (Å²) in [5, 5.41) is 2.98. The molecular weight excluding hydrogens is 286 g/mol. The van der Waals surface area contributed by atoms with Crippen LogP contribution in [0.5, 0.6) is 5.75 Å². The minimum Gasteiger partial charge on any atom is -0.491 e. The lowest BCUT2D eigenvalue weighted by Crippen LogP contribution is -2.45. The van der Waals surface area contributed by atoms with Gasteiger partial charge in [0.05, 0.1) is 19.8 Å². The van der Waals surface area contributed by atoms with E-state index in [0.717, 1.165) is 19.5 Å². The number of aromatic amines is 1. The molecule has 22 heavy (non-hydrogen) atoms. The number of aromatic nitrogens is 1. The lowest BCUT2D eigenvalue weighted by molar-refractivity contribution is -0.0390. The summed E-state index contributed by atoms with van der Waals surface area (Å²) >= 11 is 0. The zero-order valence-corrected chi connectivity index (χ0v) is 12.8. The predicted molar refractivity (Wildman–Crippen MR) is 80.3 cm³/mol. The number of fused-ring (bicyclic) bond motifs is 1. The largest absolute Gasteiger partial charge is 0.491 e. The third kappa shape index (κ3) is 3.00. The SMILES string of the molecule is COc1c[nH]c(C(=O)N[C@@H]2C[C@H]3CO[C@H](C)CN3C2)cc1=O. The Morgan fingerprint density at radius 3 is 3.05 bits per heavy atom. The van der Waals surface area contributed by atoms with Crippen molar-refractivity contribution in [1.29, 1.82) is 0 Å². The lowest BCUT2D eigenvalue weighted by Gasteiger charge is -2.33. The molecule has 0 radical (unpaired) electrons. The third-order valence-corrected chi connectivity index (χ3v) is 4.27. The van der Waals surface area contributed by atoms with Gasteiger partial charge in [-0.1, -0.05) is 0 Å². The predicted octanol–water partition coefficient (Wildman–Crippen LogP) is -0.0251. The van der Waals surface area contributed by atoms with E-state index in [0.29, 0.717) is 12.6 Å². The quantitative estimate of drug-likeness (QED) is 0.819. The molecule has 0 spiro atoms. The average Bonchev–Trinajstić information content (AvgIpc) is 2.88. The average molecular weight is 307 g/mol. The number of nitrogens with zero attached hydrogens (tertiary/aromatic N) is 1. The van der Waals surface area contributed by atoms with Gasteiger partial charge in [0.15, 0.2) is 5.75 Å². The van der Waals surface area contributed by atoms with Crippen LogP contribution in [0.25, 0.3) is 0 Å². The fourth-order valence-electron chi connectivity index (χ4n) is 3.16. The molecule has 7 nitrogen and oxygen atoms in total. The molecule has 0 aliphatic carbocycles. The highest BCUT2D eigenvalue weighted by Gasteiger charge is 2.36. The summed E-state index contributed by atoms with van der Waals surface area (Å²) in [7, 11) is 1.42. The van der Waals surface area contributed by atoms with E-state index in [9.17, 15) is 9.59 Å². The van der Waals surface area contributed by atoms with Crippen LogP contribution >= 0.6 is 0 Å². The van der Waals surface area contributed by atoms with E-state index >= 15 is 0 Å². The monoisotopic (exact) mass is 307 g/mol. The number of nitrogens with one attached hydrogen (secondary N) is 2. The maximum absolute atomic E-state index is 12.3. The minimum absolute atomic E-state index is 0.0806. The van der Waals surface area contributed by atoms with E-state index in [2.05, 4.69) is 22.1 Å². The molecule has 3 rings (SSSR count). The van der Waals surface area contributed by atoms with Crippen molar-refractivity contribution >= 4 is 5.91 Å². The Morgan fingerprint density at radius 1 is 1.50 bits per heavy atom. The molecular formula is C15H21N3O4. The molecule has 2 aliphatic heterocycles. The second-order valence-electron chi connectivity index (χ2n) is 5.94. The molecule has 1 amide bonds. The number of carbonyl (C=O) groups is 1. The number of rotatable bonds is 3. The molecule has 3 heterocycles. The Morgan fingerprint density at radius 2 is 2.32 bits per heavy atom. The van der Waals surface area contributed by atoms with Crippen molar-refractivity contribution in [3.05, 3.63) is 28.2 Å². The molecule has 7 heteroatoms. The van der Waals surface area contributed by atoms with Crippen LogP contribution in [0.2, 0.25) is 0 Å². The normalized spacial score (nSPS) is 28.2. The Labute approximate surface area is 128 Å². The second kappa shape index (κ2) is 6.10. The number of hydrogen-bond donors (Lipinski definition) is 2. The summed E-state index contributed by atoms with van der Waals surface area (Å²) < 4.78 is 10.5. The van der Waals surface area contributed by atoms with Crippen LogP contribution in [0.15, 0.2) is 17.1 Å². The van der Waals surface area contributed by atoms with Gasteiger partial charge in [0.1, 0.15) is 5.69 Å². The zero-order chi connectivity index (χ0) is 15.7. The summed E-state index contributed by atoms with van der Waals surface area (Å²) in [6.45, 7) is 4.50. The number of hydrogen-bond acceptors (Lipinski definition) is 5. The smallest absolute Gasteiger partial charge is 0.268 e. The molecule has 0 aromatic carbocycles. The van der Waals surface area contributed by atoms with Crippen molar-refractivity contribution in [1.82, 2.24) is 15.2 Å². The van der Waals surface area contributed by atoms with Gasteiger partial charge in [-0.25, -0.2) is 0 Å². The molecule has 2 N–H and O–H groups in total. The molecule has 0 unspecified atom stereocenters. The van der Waals surface area contributed by atoms with Crippen LogP contribution in [0.1, 0.15) is 23.8 Å². The van der Waals surface area contributed by atoms with Crippen LogP contribution in [0.3, 0.4) is 0 Å². The van der Waals surface area contributed by atoms with Gasteiger partial charge in [0, 0.05) is 37.4 Å². The standard InChI is InChI=1S/C15H21N3O4/c1-9-6-18-7-10(3-11(18)8-22-9)17-15(20)12-4-13(19)14(21-2)5-16-12/h4-5,9-11H,3,6-8H2,1-2H3,(H,16,19)(H,17,20)/t9-,10-,11+/m1/s1. The second-order valence-corrected chi connectivity index (χ2v) is 5.94. The van der Waals surface area contributed by atoms with Crippen LogP contribution in [-0.4, -0.2) is 60.8 Å². The lowest BCUT2D eigenvalue weighted by atomic mass is 10.1. The van der Waals surface area contributed by atoms with Gasteiger partial charge in [0.25, 0.3) is 5.91 Å². The summed E-state index contributed by atoms with van der Waals surface area (Å²) in [4.78, 5) is 29.1. The molecule has 0 bridgehead atoms. The highest BCUT2D eigenvalue weighted by atomic mass is 16.5. The topological polar surface area (TPSA) is 83.7 Å². The van der Waals surface area contributed by atoms with E-state index in [4.69, 9.17) is 9.47 Å². The summed E-state index contributed by atoms with van der Waals surface area (Å²) in [6, 6.07) is 1.72. The summed E-state index contributed by atoms with van der Waals surface area (Å²) in [6.07, 6.45) is 2.52. The van der Waals surface area contributed by atoms with Gasteiger partial charge >= 0.3 is 0 Å². The number of ether oxygens (including phenoxy) is 2. The number of H-pyrrole nitrogens is 1. The van der Waals surface area contributed by atoms with Crippen LogP contribution < -0.4 is 15.5 Å². The van der Waals surface area contributed by atoms with Crippen molar-refractivity contribution in [2.24, 2.45) is 0 Å². The number of amides is 1. The summed E-state index contributed by atoms with van der Waals surface area (Å²) in [5.74, 6) is -0.0701. The van der Waals surface area contributed by atoms with Crippen molar-refractivity contribution < 1.29 is 14.3 Å². The van der Waals surface area contributed by atoms with Crippen molar-refractivity contribution in [2.75, 3.05) is 26.8 Å². The number of carbonyl (C=O) groups excluding carboxylic acids is 1. The molecule has 2 aliphatic rings. The Balaban J connectivity index is 1.63. The first kappa shape index (κ1) is 15.1. The van der Waals surface area contributed by atoms with E-state index in [-0.39, 0.29) is 34.9 Å². The maximum Gasteiger partial charge on any atom is 0.268 e. The number of methoxy groups -OCH3 is 1. The molecule has 2 saturated heterocycles. The fraction of sp³-hybridized carbons (Fsp3) is 0.600. The third-order valence-electron chi connectivity index (χ3n) is 4.27. The van der Waals surface area contributed by atoms with Crippen LogP contribution in [0, 0.1) is 0 Å². The molecule has 1 aromatic rings. The Hall–Kier alpha value is -1.86. The van der Waals surface area contributed by atoms with Crippen molar-refractivity contribution in [2.45, 2.75) is 31.5 Å². The van der Waals surface area contributed by atoms with Gasteiger partial charge in [-0.2, -0.15) is 0 Å². The van der Waals surface area contributed by atoms with Crippen LogP contribution in [-0.2, 0) is 4.74 Å². The van der Waals surface area contributed by atoms with Gasteiger partial charge in [0.2, 0.25) is 5.43 Å². The van der Waals surface area contributed by atoms with E-state index < -0.39 is 0 Å². The zero-order valence-electron chi connectivity index (χ0n) is 12.8. The number of pyridine rings is 1.